The number of carbonyl (C=O) groups excluding carboxylic acids is 1. The molecule has 39 heavy (non-hydrogen) atoms. The summed E-state index contributed by atoms with van der Waals surface area (Å²) in [6.07, 6.45) is 1.27. The van der Waals surface area contributed by atoms with Gasteiger partial charge in [-0.2, -0.15) is 4.72 Å². The summed E-state index contributed by atoms with van der Waals surface area (Å²) in [6, 6.07) is 24.3. The fraction of sp³-hybridized carbons (Fsp3) is 0.200. The topological polar surface area (TPSA) is 126 Å². The first-order valence-electron chi connectivity index (χ1n) is 12.7. The third-order valence-corrected chi connectivity index (χ3v) is 8.14. The minimum atomic E-state index is -4.09. The second-order valence-electron chi connectivity index (χ2n) is 9.47. The van der Waals surface area contributed by atoms with Gasteiger partial charge in [0, 0.05) is 17.3 Å². The lowest BCUT2D eigenvalue weighted by Crippen LogP contribution is -2.40. The minimum Gasteiger partial charge on any atom is -0.480 e. The Morgan fingerprint density at radius 2 is 1.56 bits per heavy atom. The highest BCUT2D eigenvalue weighted by atomic mass is 32.2. The molecule has 0 saturated heterocycles. The van der Waals surface area contributed by atoms with Crippen molar-refractivity contribution in [2.45, 2.75) is 36.6 Å². The number of hydrogen-bond donors (Lipinski definition) is 3. The molecule has 1 aromatic heterocycles. The number of nitrogens with one attached hydrogen (secondary N) is 2. The lowest BCUT2D eigenvalue weighted by molar-refractivity contribution is -0.139. The van der Waals surface area contributed by atoms with E-state index in [-0.39, 0.29) is 23.6 Å². The van der Waals surface area contributed by atoms with Crippen LogP contribution in [0.15, 0.2) is 94.2 Å². The number of carboxylic acid groups (broad SMARTS) is 1. The molecule has 0 bridgehead atoms. The second kappa shape index (κ2) is 11.3. The molecule has 4 aromatic carbocycles. The predicted molar refractivity (Wildman–Crippen MR) is 150 cm³/mol. The smallest absolute Gasteiger partial charge is 0.321 e. The Bertz CT molecular complexity index is 1780. The number of carbonyl (C=O) groups is 2. The van der Waals surface area contributed by atoms with Gasteiger partial charge in [-0.15, -0.1) is 0 Å². The van der Waals surface area contributed by atoms with Crippen LogP contribution in [0.2, 0.25) is 0 Å². The summed E-state index contributed by atoms with van der Waals surface area (Å²) in [5, 5.41) is 16.1. The van der Waals surface area contributed by atoms with E-state index in [4.69, 9.17) is 4.42 Å². The number of carboxylic acids is 1. The van der Waals surface area contributed by atoms with Crippen molar-refractivity contribution in [3.63, 3.8) is 0 Å². The van der Waals surface area contributed by atoms with Crippen LogP contribution in [0.3, 0.4) is 0 Å². The second-order valence-corrected chi connectivity index (χ2v) is 11.2. The first-order valence-corrected chi connectivity index (χ1v) is 14.2. The van der Waals surface area contributed by atoms with Gasteiger partial charge in [-0.1, -0.05) is 60.7 Å². The fourth-order valence-corrected chi connectivity index (χ4v) is 5.91. The third kappa shape index (κ3) is 6.10. The van der Waals surface area contributed by atoms with Crippen molar-refractivity contribution < 1.29 is 27.5 Å². The molecule has 5 aromatic rings. The average Bonchev–Trinajstić information content (AvgIpc) is 3.30. The molecule has 0 spiro atoms. The first-order chi connectivity index (χ1) is 18.8. The van der Waals surface area contributed by atoms with Crippen LogP contribution in [-0.2, 0) is 26.0 Å². The number of amides is 1. The molecule has 1 unspecified atom stereocenters. The summed E-state index contributed by atoms with van der Waals surface area (Å²) in [6.45, 7) is 0.371. The van der Waals surface area contributed by atoms with E-state index in [9.17, 15) is 23.1 Å². The molecular weight excluding hydrogens is 516 g/mol. The molecule has 1 atom stereocenters. The van der Waals surface area contributed by atoms with Gasteiger partial charge >= 0.3 is 5.97 Å². The van der Waals surface area contributed by atoms with Crippen LogP contribution >= 0.6 is 0 Å². The van der Waals surface area contributed by atoms with Gasteiger partial charge in [-0.25, -0.2) is 8.42 Å². The lowest BCUT2D eigenvalue weighted by Gasteiger charge is -2.15. The van der Waals surface area contributed by atoms with Gasteiger partial charge in [0.1, 0.15) is 17.2 Å². The molecule has 5 rings (SSSR count). The third-order valence-electron chi connectivity index (χ3n) is 6.67. The molecule has 8 nitrogen and oxygen atoms in total. The van der Waals surface area contributed by atoms with Crippen molar-refractivity contribution in [1.82, 2.24) is 10.0 Å². The Labute approximate surface area is 225 Å². The predicted octanol–water partition coefficient (Wildman–Crippen LogP) is 5.00. The Morgan fingerprint density at radius 1 is 0.821 bits per heavy atom. The van der Waals surface area contributed by atoms with Crippen molar-refractivity contribution in [2.24, 2.45) is 0 Å². The van der Waals surface area contributed by atoms with Gasteiger partial charge < -0.3 is 14.8 Å². The summed E-state index contributed by atoms with van der Waals surface area (Å²) >= 11 is 0. The van der Waals surface area contributed by atoms with Crippen LogP contribution < -0.4 is 10.0 Å². The number of rotatable bonds is 11. The Kier molecular flexibility index (Phi) is 7.63. The van der Waals surface area contributed by atoms with Gasteiger partial charge in [0.2, 0.25) is 15.9 Å². The van der Waals surface area contributed by atoms with Crippen molar-refractivity contribution in [3.05, 3.63) is 90.5 Å². The molecule has 3 N–H and O–H groups in total. The number of aliphatic carboxylic acids is 1. The molecule has 200 valence electrons. The van der Waals surface area contributed by atoms with Crippen LogP contribution in [0.5, 0.6) is 0 Å². The first kappa shape index (κ1) is 26.4. The molecule has 1 heterocycles. The van der Waals surface area contributed by atoms with E-state index >= 15 is 0 Å². The normalized spacial score (nSPS) is 12.6. The van der Waals surface area contributed by atoms with E-state index in [0.29, 0.717) is 35.9 Å². The van der Waals surface area contributed by atoms with Crippen LogP contribution in [-0.4, -0.2) is 38.0 Å². The Hall–Kier alpha value is -4.21. The van der Waals surface area contributed by atoms with Crippen molar-refractivity contribution >= 4 is 54.6 Å². The van der Waals surface area contributed by atoms with Gasteiger partial charge in [0.25, 0.3) is 0 Å². The Balaban J connectivity index is 1.14. The summed E-state index contributed by atoms with van der Waals surface area (Å²) < 4.78 is 34.1. The quantitative estimate of drug-likeness (QED) is 0.201. The molecule has 9 heteroatoms. The number of sulfonamides is 1. The van der Waals surface area contributed by atoms with Crippen LogP contribution in [0, 0.1) is 0 Å². The maximum atomic E-state index is 13.0. The van der Waals surface area contributed by atoms with Gasteiger partial charge in [0.15, 0.2) is 0 Å². The van der Waals surface area contributed by atoms with Gasteiger partial charge in [-0.05, 0) is 59.9 Å². The zero-order valence-corrected chi connectivity index (χ0v) is 21.9. The number of fused-ring (bicyclic) bond motifs is 4. The Morgan fingerprint density at radius 3 is 2.38 bits per heavy atom. The zero-order chi connectivity index (χ0) is 27.4. The SMILES string of the molecule is O=C(Cc1ccc2ccccc2c1)NCCCCC(NS(=O)(=O)c1ccc2oc3ccccc3c2c1)C(=O)O. The van der Waals surface area contributed by atoms with E-state index < -0.39 is 22.0 Å². The highest BCUT2D eigenvalue weighted by Gasteiger charge is 2.25. The van der Waals surface area contributed by atoms with Crippen molar-refractivity contribution in [3.8, 4) is 0 Å². The van der Waals surface area contributed by atoms with Crippen LogP contribution in [0.4, 0.5) is 0 Å². The maximum absolute atomic E-state index is 13.0. The highest BCUT2D eigenvalue weighted by molar-refractivity contribution is 7.89. The zero-order valence-electron chi connectivity index (χ0n) is 21.1. The minimum absolute atomic E-state index is 0.0336. The molecule has 0 saturated carbocycles. The van der Waals surface area contributed by atoms with Gasteiger partial charge in [0.05, 0.1) is 11.3 Å². The number of furan rings is 1. The van der Waals surface area contributed by atoms with E-state index in [1.165, 1.54) is 12.1 Å². The summed E-state index contributed by atoms with van der Waals surface area (Å²) in [4.78, 5) is 24.1. The molecule has 1 amide bonds. The van der Waals surface area contributed by atoms with E-state index in [1.54, 1.807) is 12.1 Å². The number of benzene rings is 4. The summed E-state index contributed by atoms with van der Waals surface area (Å²) in [7, 11) is -4.09. The summed E-state index contributed by atoms with van der Waals surface area (Å²) in [5.74, 6) is -1.38. The number of unbranched alkanes of at least 4 members (excludes halogenated alkanes) is 1. The van der Waals surface area contributed by atoms with Crippen LogP contribution in [0.1, 0.15) is 24.8 Å². The van der Waals surface area contributed by atoms with E-state index in [0.717, 1.165) is 21.7 Å². The van der Waals surface area contributed by atoms with E-state index in [2.05, 4.69) is 10.0 Å². The molecule has 0 fully saturated rings. The fourth-order valence-electron chi connectivity index (χ4n) is 4.66. The maximum Gasteiger partial charge on any atom is 0.321 e. The lowest BCUT2D eigenvalue weighted by atomic mass is 10.0. The molecule has 0 radical (unpaired) electrons. The van der Waals surface area contributed by atoms with Crippen molar-refractivity contribution in [2.75, 3.05) is 6.54 Å². The number of para-hydroxylation sites is 1. The van der Waals surface area contributed by atoms with E-state index in [1.807, 2.05) is 60.7 Å². The van der Waals surface area contributed by atoms with Crippen molar-refractivity contribution in [1.29, 1.82) is 0 Å². The largest absolute Gasteiger partial charge is 0.480 e. The standard InChI is InChI=1S/C30H28N2O6S/c33-29(18-20-12-13-21-7-1-2-8-22(21)17-20)31-16-6-5-10-26(30(34)35)32-39(36,37)23-14-15-28-25(19-23)24-9-3-4-11-27(24)38-28/h1-4,7-9,11-15,17,19,26,32H,5-6,10,16,18H2,(H,31,33)(H,34,35). The molecule has 0 aliphatic rings. The number of hydrogen-bond acceptors (Lipinski definition) is 5. The average molecular weight is 545 g/mol. The van der Waals surface area contributed by atoms with Crippen LogP contribution in [0.25, 0.3) is 32.7 Å². The monoisotopic (exact) mass is 544 g/mol. The highest BCUT2D eigenvalue weighted by Crippen LogP contribution is 2.30. The molecule has 0 aliphatic heterocycles. The van der Waals surface area contributed by atoms with Gasteiger partial charge in [-0.3, -0.25) is 9.59 Å². The molecule has 0 aliphatic carbocycles. The summed E-state index contributed by atoms with van der Waals surface area (Å²) in [5.41, 5.74) is 2.10. The molecular formula is C30H28N2O6S.